The van der Waals surface area contributed by atoms with Crippen molar-refractivity contribution >= 4 is 0 Å². The Labute approximate surface area is 205 Å². The van der Waals surface area contributed by atoms with Gasteiger partial charge in [-0.3, -0.25) is 9.69 Å². The average molecular weight is 469 g/mol. The number of fused-ring (bicyclic) bond motifs is 1. The fraction of sp³-hybridized carbons (Fsp3) is 0.233. The second kappa shape index (κ2) is 9.88. The van der Waals surface area contributed by atoms with E-state index in [-0.39, 0.29) is 17.3 Å². The Hall–Kier alpha value is -3.70. The number of aromatic nitrogens is 1. The Kier molecular flexibility index (Phi) is 6.51. The maximum atomic E-state index is 13.8. The van der Waals surface area contributed by atoms with Gasteiger partial charge in [0.25, 0.3) is 0 Å². The van der Waals surface area contributed by atoms with E-state index >= 15 is 0 Å². The van der Waals surface area contributed by atoms with Crippen molar-refractivity contribution in [2.45, 2.75) is 39.6 Å². The molecule has 5 rings (SSSR count). The van der Waals surface area contributed by atoms with Crippen molar-refractivity contribution in [3.8, 4) is 5.75 Å². The summed E-state index contributed by atoms with van der Waals surface area (Å²) in [5.74, 6) is 0.0755. The third-order valence-electron chi connectivity index (χ3n) is 6.83. The van der Waals surface area contributed by atoms with E-state index in [4.69, 9.17) is 4.74 Å². The lowest BCUT2D eigenvalue weighted by Crippen LogP contribution is -2.40. The molecule has 0 saturated carbocycles. The van der Waals surface area contributed by atoms with Crippen molar-refractivity contribution in [1.82, 2.24) is 9.47 Å². The predicted molar refractivity (Wildman–Crippen MR) is 136 cm³/mol. The molecule has 0 amide bonds. The van der Waals surface area contributed by atoms with E-state index < -0.39 is 0 Å². The summed E-state index contributed by atoms with van der Waals surface area (Å²) in [5, 5.41) is 0. The lowest BCUT2D eigenvalue weighted by Gasteiger charge is -2.39. The van der Waals surface area contributed by atoms with E-state index in [2.05, 4.69) is 41.5 Å². The molecule has 4 nitrogen and oxygen atoms in total. The van der Waals surface area contributed by atoms with Crippen LogP contribution in [0, 0.1) is 19.7 Å². The van der Waals surface area contributed by atoms with Crippen molar-refractivity contribution in [2.75, 3.05) is 6.54 Å². The highest BCUT2D eigenvalue weighted by Crippen LogP contribution is 2.34. The van der Waals surface area contributed by atoms with Crippen LogP contribution in [0.1, 0.15) is 39.6 Å². The topological polar surface area (TPSA) is 34.5 Å². The van der Waals surface area contributed by atoms with E-state index in [0.717, 1.165) is 36.5 Å². The maximum Gasteiger partial charge on any atom is 0.223 e. The summed E-state index contributed by atoms with van der Waals surface area (Å²) < 4.78 is 21.8. The van der Waals surface area contributed by atoms with Crippen molar-refractivity contribution in [3.63, 3.8) is 0 Å². The summed E-state index contributed by atoms with van der Waals surface area (Å²) in [6.07, 6.45) is 1.83. The molecule has 0 saturated heterocycles. The third-order valence-corrected chi connectivity index (χ3v) is 6.83. The lowest BCUT2D eigenvalue weighted by atomic mass is 9.96. The van der Waals surface area contributed by atoms with Crippen LogP contribution >= 0.6 is 0 Å². The molecule has 178 valence electrons. The number of nitrogens with zero attached hydrogens (tertiary/aromatic N) is 2. The van der Waals surface area contributed by atoms with Crippen LogP contribution in [-0.4, -0.2) is 16.0 Å². The van der Waals surface area contributed by atoms with Crippen LogP contribution in [-0.2, 0) is 19.7 Å². The fourth-order valence-corrected chi connectivity index (χ4v) is 4.89. The predicted octanol–water partition coefficient (Wildman–Crippen LogP) is 5.79. The van der Waals surface area contributed by atoms with E-state index in [1.807, 2.05) is 48.7 Å². The highest BCUT2D eigenvalue weighted by atomic mass is 19.1. The number of rotatable bonds is 6. The van der Waals surface area contributed by atoms with Gasteiger partial charge in [-0.2, -0.15) is 0 Å². The molecule has 5 heteroatoms. The van der Waals surface area contributed by atoms with Crippen LogP contribution in [0.15, 0.2) is 89.9 Å². The first kappa shape index (κ1) is 23.1. The largest absolute Gasteiger partial charge is 0.483 e. The van der Waals surface area contributed by atoms with Gasteiger partial charge in [0.15, 0.2) is 5.75 Å². The number of aryl methyl sites for hydroxylation is 2. The summed E-state index contributed by atoms with van der Waals surface area (Å²) in [5.41, 5.74) is 6.51. The number of pyridine rings is 1. The van der Waals surface area contributed by atoms with Crippen molar-refractivity contribution in [1.29, 1.82) is 0 Å². The third kappa shape index (κ3) is 4.91. The molecule has 0 spiro atoms. The molecule has 4 aromatic rings. The second-order valence-electron chi connectivity index (χ2n) is 9.19. The highest BCUT2D eigenvalue weighted by Gasteiger charge is 2.30. The van der Waals surface area contributed by atoms with Crippen LogP contribution < -0.4 is 10.2 Å². The Morgan fingerprint density at radius 1 is 0.914 bits per heavy atom. The molecular weight excluding hydrogens is 439 g/mol. The first-order chi connectivity index (χ1) is 17.0. The van der Waals surface area contributed by atoms with Crippen molar-refractivity contribution in [2.24, 2.45) is 0 Å². The number of benzene rings is 3. The standard InChI is InChI=1S/C30H29FN2O2/c1-21-7-6-8-22(2)26(21)18-33-16-15-32-19-29(35-20-23-9-4-3-5-10-23)28(34)17-27(32)30(33)24-11-13-25(31)14-12-24/h3-14,17,19,30H,15-16,18,20H2,1-2H3. The molecule has 0 radical (unpaired) electrons. The first-order valence-corrected chi connectivity index (χ1v) is 12.0. The van der Waals surface area contributed by atoms with Crippen LogP contribution in [0.25, 0.3) is 0 Å². The Bertz CT molecular complexity index is 1360. The van der Waals surface area contributed by atoms with E-state index in [9.17, 15) is 9.18 Å². The van der Waals surface area contributed by atoms with E-state index in [0.29, 0.717) is 12.4 Å². The molecule has 1 aromatic heterocycles. The lowest BCUT2D eigenvalue weighted by molar-refractivity contribution is 0.170. The summed E-state index contributed by atoms with van der Waals surface area (Å²) in [7, 11) is 0. The average Bonchev–Trinajstić information content (AvgIpc) is 2.86. The zero-order chi connectivity index (χ0) is 24.4. The molecule has 1 unspecified atom stereocenters. The van der Waals surface area contributed by atoms with Crippen LogP contribution in [0.2, 0.25) is 0 Å². The van der Waals surface area contributed by atoms with Gasteiger partial charge in [-0.05, 0) is 53.8 Å². The molecule has 0 N–H and O–H groups in total. The van der Waals surface area contributed by atoms with Gasteiger partial charge in [0.1, 0.15) is 12.4 Å². The summed E-state index contributed by atoms with van der Waals surface area (Å²) in [4.78, 5) is 15.5. The fourth-order valence-electron chi connectivity index (χ4n) is 4.89. The van der Waals surface area contributed by atoms with E-state index in [1.165, 1.54) is 28.8 Å². The zero-order valence-corrected chi connectivity index (χ0v) is 20.1. The van der Waals surface area contributed by atoms with Crippen LogP contribution in [0.3, 0.4) is 0 Å². The zero-order valence-electron chi connectivity index (χ0n) is 20.1. The van der Waals surface area contributed by atoms with Gasteiger partial charge < -0.3 is 9.30 Å². The summed E-state index contributed by atoms with van der Waals surface area (Å²) in [6, 6.07) is 24.3. The molecule has 1 aliphatic heterocycles. The summed E-state index contributed by atoms with van der Waals surface area (Å²) >= 11 is 0. The number of halogens is 1. The Morgan fingerprint density at radius 2 is 1.63 bits per heavy atom. The highest BCUT2D eigenvalue weighted by molar-refractivity contribution is 5.36. The van der Waals surface area contributed by atoms with Crippen molar-refractivity contribution < 1.29 is 9.13 Å². The molecular formula is C30H29FN2O2. The minimum Gasteiger partial charge on any atom is -0.483 e. The van der Waals surface area contributed by atoms with Gasteiger partial charge in [-0.1, -0.05) is 60.7 Å². The van der Waals surface area contributed by atoms with Gasteiger partial charge in [-0.15, -0.1) is 0 Å². The number of hydrogen-bond acceptors (Lipinski definition) is 3. The van der Waals surface area contributed by atoms with Crippen LogP contribution in [0.4, 0.5) is 4.39 Å². The van der Waals surface area contributed by atoms with Gasteiger partial charge in [0.2, 0.25) is 5.43 Å². The van der Waals surface area contributed by atoms with Gasteiger partial charge in [0.05, 0.1) is 12.2 Å². The van der Waals surface area contributed by atoms with Gasteiger partial charge in [0, 0.05) is 31.4 Å². The smallest absolute Gasteiger partial charge is 0.223 e. The molecule has 0 fully saturated rings. The molecule has 1 aliphatic rings. The minimum atomic E-state index is -0.270. The number of ether oxygens (including phenoxy) is 1. The van der Waals surface area contributed by atoms with Crippen molar-refractivity contribution in [3.05, 3.63) is 135 Å². The molecule has 0 bridgehead atoms. The SMILES string of the molecule is Cc1cccc(C)c1CN1CCn2cc(OCc3ccccc3)c(=O)cc2C1c1ccc(F)cc1. The second-order valence-corrected chi connectivity index (χ2v) is 9.19. The van der Waals surface area contributed by atoms with Gasteiger partial charge in [-0.25, -0.2) is 4.39 Å². The Morgan fingerprint density at radius 3 is 2.34 bits per heavy atom. The first-order valence-electron chi connectivity index (χ1n) is 12.0. The summed E-state index contributed by atoms with van der Waals surface area (Å²) in [6.45, 7) is 6.89. The normalized spacial score (nSPS) is 15.6. The van der Waals surface area contributed by atoms with Crippen LogP contribution in [0.5, 0.6) is 5.75 Å². The van der Waals surface area contributed by atoms with Gasteiger partial charge >= 0.3 is 0 Å². The number of hydrogen-bond donors (Lipinski definition) is 0. The maximum absolute atomic E-state index is 13.8. The molecule has 0 aliphatic carbocycles. The molecule has 2 heterocycles. The quantitative estimate of drug-likeness (QED) is 0.359. The monoisotopic (exact) mass is 468 g/mol. The Balaban J connectivity index is 1.51. The molecule has 1 atom stereocenters. The molecule has 3 aromatic carbocycles. The van der Waals surface area contributed by atoms with E-state index in [1.54, 1.807) is 6.07 Å². The minimum absolute atomic E-state index is 0.145. The molecule has 35 heavy (non-hydrogen) atoms.